The molecule has 0 aromatic rings. The lowest BCUT2D eigenvalue weighted by molar-refractivity contribution is 0.0446. The molecule has 2 nitrogen and oxygen atoms in total. The molecule has 3 rings (SSSR count). The molecule has 0 N–H and O–H groups in total. The lowest BCUT2D eigenvalue weighted by atomic mass is 9.83. The smallest absolute Gasteiger partial charge is 0.0223 e. The minimum atomic E-state index is 0.906. The number of hydrogen-bond acceptors (Lipinski definition) is 2. The summed E-state index contributed by atoms with van der Waals surface area (Å²) in [5.74, 6) is 1.09. The van der Waals surface area contributed by atoms with Crippen LogP contribution >= 0.6 is 0 Å². The fraction of sp³-hybridized carbons (Fsp3) is 1.00. The van der Waals surface area contributed by atoms with Gasteiger partial charge in [-0.15, -0.1) is 0 Å². The minimum absolute atomic E-state index is 0.906. The number of fused-ring (bicyclic) bond motifs is 1. The molecule has 0 aromatic carbocycles. The van der Waals surface area contributed by atoms with E-state index in [1.165, 1.54) is 77.7 Å². The molecule has 16 heavy (non-hydrogen) atoms. The van der Waals surface area contributed by atoms with Crippen molar-refractivity contribution < 1.29 is 0 Å². The van der Waals surface area contributed by atoms with Crippen LogP contribution in [0.15, 0.2) is 0 Å². The van der Waals surface area contributed by atoms with E-state index in [1.807, 2.05) is 0 Å². The van der Waals surface area contributed by atoms with Gasteiger partial charge in [-0.1, -0.05) is 25.7 Å². The van der Waals surface area contributed by atoms with Crippen molar-refractivity contribution in [3.63, 3.8) is 0 Å². The first-order chi connectivity index (χ1) is 7.92. The molecular formula is C14H26N2. The quantitative estimate of drug-likeness (QED) is 0.723. The van der Waals surface area contributed by atoms with E-state index >= 15 is 0 Å². The van der Waals surface area contributed by atoms with Crippen LogP contribution in [-0.4, -0.2) is 48.6 Å². The molecule has 1 atom stereocenters. The summed E-state index contributed by atoms with van der Waals surface area (Å²) >= 11 is 0. The van der Waals surface area contributed by atoms with E-state index in [1.54, 1.807) is 0 Å². The summed E-state index contributed by atoms with van der Waals surface area (Å²) in [4.78, 5) is 5.48. The Morgan fingerprint density at radius 3 is 2.62 bits per heavy atom. The third kappa shape index (κ3) is 2.43. The first-order valence-electron chi connectivity index (χ1n) is 7.38. The van der Waals surface area contributed by atoms with Gasteiger partial charge in [-0.25, -0.2) is 0 Å². The highest BCUT2D eigenvalue weighted by atomic mass is 15.3. The summed E-state index contributed by atoms with van der Waals surface area (Å²) < 4.78 is 0. The van der Waals surface area contributed by atoms with E-state index in [9.17, 15) is 0 Å². The van der Waals surface area contributed by atoms with Crippen molar-refractivity contribution in [2.24, 2.45) is 5.92 Å². The lowest BCUT2D eigenvalue weighted by Gasteiger charge is -2.44. The van der Waals surface area contributed by atoms with Crippen LogP contribution in [0.3, 0.4) is 0 Å². The van der Waals surface area contributed by atoms with E-state index in [0.717, 1.165) is 12.0 Å². The van der Waals surface area contributed by atoms with Crippen LogP contribution in [0, 0.1) is 5.92 Å². The summed E-state index contributed by atoms with van der Waals surface area (Å²) in [6.45, 7) is 6.81. The molecule has 1 unspecified atom stereocenters. The minimum Gasteiger partial charge on any atom is -0.301 e. The number of nitrogens with zero attached hydrogens (tertiary/aromatic N) is 2. The highest BCUT2D eigenvalue weighted by Crippen LogP contribution is 2.30. The average Bonchev–Trinajstić information content (AvgIpc) is 2.27. The lowest BCUT2D eigenvalue weighted by Crippen LogP contribution is -2.55. The van der Waals surface area contributed by atoms with Crippen molar-refractivity contribution in [2.75, 3.05) is 32.7 Å². The van der Waals surface area contributed by atoms with Gasteiger partial charge in [-0.3, -0.25) is 4.90 Å². The predicted molar refractivity (Wildman–Crippen MR) is 67.6 cm³/mol. The monoisotopic (exact) mass is 222 g/mol. The molecule has 3 aliphatic rings. The Kier molecular flexibility index (Phi) is 3.49. The van der Waals surface area contributed by atoms with E-state index in [4.69, 9.17) is 0 Å². The Balaban J connectivity index is 1.43. The van der Waals surface area contributed by atoms with Gasteiger partial charge < -0.3 is 4.90 Å². The van der Waals surface area contributed by atoms with E-state index in [2.05, 4.69) is 9.80 Å². The Labute approximate surface area is 100.0 Å². The van der Waals surface area contributed by atoms with Gasteiger partial charge in [0, 0.05) is 25.7 Å². The van der Waals surface area contributed by atoms with Gasteiger partial charge in [0.25, 0.3) is 0 Å². The van der Waals surface area contributed by atoms with Gasteiger partial charge in [-0.05, 0) is 38.3 Å². The highest BCUT2D eigenvalue weighted by Gasteiger charge is 2.29. The molecule has 2 heteroatoms. The molecule has 2 heterocycles. The van der Waals surface area contributed by atoms with Crippen LogP contribution in [0.1, 0.15) is 44.9 Å². The second kappa shape index (κ2) is 5.05. The van der Waals surface area contributed by atoms with Crippen molar-refractivity contribution in [2.45, 2.75) is 51.0 Å². The molecule has 2 aliphatic heterocycles. The normalized spacial score (nSPS) is 33.4. The number of rotatable bonds is 3. The van der Waals surface area contributed by atoms with Crippen LogP contribution in [0.5, 0.6) is 0 Å². The summed E-state index contributed by atoms with van der Waals surface area (Å²) in [5, 5.41) is 0. The van der Waals surface area contributed by atoms with Crippen LogP contribution in [0.2, 0.25) is 0 Å². The van der Waals surface area contributed by atoms with E-state index < -0.39 is 0 Å². The van der Waals surface area contributed by atoms with Gasteiger partial charge >= 0.3 is 0 Å². The number of piperazine rings is 1. The van der Waals surface area contributed by atoms with Gasteiger partial charge in [0.1, 0.15) is 0 Å². The zero-order chi connectivity index (χ0) is 10.8. The maximum absolute atomic E-state index is 2.74. The topological polar surface area (TPSA) is 6.48 Å². The van der Waals surface area contributed by atoms with Crippen molar-refractivity contribution in [1.29, 1.82) is 0 Å². The molecular weight excluding hydrogens is 196 g/mol. The molecule has 92 valence electrons. The molecule has 0 bridgehead atoms. The molecule has 0 spiro atoms. The number of hydrogen-bond donors (Lipinski definition) is 0. The van der Waals surface area contributed by atoms with Gasteiger partial charge in [0.05, 0.1) is 0 Å². The Bertz CT molecular complexity index is 225. The van der Waals surface area contributed by atoms with E-state index in [0.29, 0.717) is 0 Å². The van der Waals surface area contributed by atoms with Crippen molar-refractivity contribution in [1.82, 2.24) is 9.80 Å². The molecule has 0 amide bonds. The largest absolute Gasteiger partial charge is 0.301 e. The molecule has 1 aliphatic carbocycles. The van der Waals surface area contributed by atoms with Crippen LogP contribution in [0.4, 0.5) is 0 Å². The second-order valence-corrected chi connectivity index (χ2v) is 6.07. The fourth-order valence-corrected chi connectivity index (χ4v) is 3.57. The predicted octanol–water partition coefficient (Wildman–Crippen LogP) is 2.35. The van der Waals surface area contributed by atoms with Gasteiger partial charge in [-0.2, -0.15) is 0 Å². The standard InChI is InChI=1S/C14H26N2/c1-2-8-16-11-10-15(12-14(16)6-1)9-7-13-4-3-5-13/h13-14H,1-12H2. The maximum atomic E-state index is 2.74. The van der Waals surface area contributed by atoms with Crippen molar-refractivity contribution in [3.8, 4) is 0 Å². The van der Waals surface area contributed by atoms with Crippen molar-refractivity contribution in [3.05, 3.63) is 0 Å². The average molecular weight is 222 g/mol. The van der Waals surface area contributed by atoms with Crippen LogP contribution in [0.25, 0.3) is 0 Å². The van der Waals surface area contributed by atoms with Gasteiger partial charge in [0.15, 0.2) is 0 Å². The number of piperidine rings is 1. The first kappa shape index (κ1) is 11.0. The molecule has 3 fully saturated rings. The van der Waals surface area contributed by atoms with Crippen molar-refractivity contribution >= 4 is 0 Å². The third-order valence-corrected chi connectivity index (χ3v) is 5.00. The van der Waals surface area contributed by atoms with Crippen LogP contribution < -0.4 is 0 Å². The zero-order valence-electron chi connectivity index (χ0n) is 10.5. The third-order valence-electron chi connectivity index (χ3n) is 5.00. The molecule has 1 saturated carbocycles. The highest BCUT2D eigenvalue weighted by molar-refractivity contribution is 4.85. The van der Waals surface area contributed by atoms with Gasteiger partial charge in [0.2, 0.25) is 0 Å². The van der Waals surface area contributed by atoms with Crippen LogP contribution in [-0.2, 0) is 0 Å². The zero-order valence-corrected chi connectivity index (χ0v) is 10.5. The van der Waals surface area contributed by atoms with E-state index in [-0.39, 0.29) is 0 Å². The second-order valence-electron chi connectivity index (χ2n) is 6.07. The maximum Gasteiger partial charge on any atom is 0.0223 e. The first-order valence-corrected chi connectivity index (χ1v) is 7.38. The summed E-state index contributed by atoms with van der Waals surface area (Å²) in [5.41, 5.74) is 0. The molecule has 0 radical (unpaired) electrons. The fourth-order valence-electron chi connectivity index (χ4n) is 3.57. The molecule has 2 saturated heterocycles. The summed E-state index contributed by atoms with van der Waals surface area (Å²) in [6, 6.07) is 0.906. The Morgan fingerprint density at radius 2 is 1.81 bits per heavy atom. The molecule has 0 aromatic heterocycles. The Hall–Kier alpha value is -0.0800. The summed E-state index contributed by atoms with van der Waals surface area (Å²) in [6.07, 6.45) is 10.4. The SMILES string of the molecule is C1CC(CCN2CCN3CCCCC3C2)C1. The Morgan fingerprint density at radius 1 is 0.875 bits per heavy atom. The summed E-state index contributed by atoms with van der Waals surface area (Å²) in [7, 11) is 0.